The van der Waals surface area contributed by atoms with E-state index in [1.807, 2.05) is 0 Å². The number of carbonyl (C=O) groups excluding carboxylic acids is 2. The number of ketones is 2. The van der Waals surface area contributed by atoms with Gasteiger partial charge in [-0.1, -0.05) is 19.8 Å². The SMILES string of the molecule is CCCCCC(=O)CC[C@H]1C(=O)C[C@H](O)[C@@H]1CCC(=O)O. The number of aliphatic hydroxyl groups is 1. The molecule has 21 heavy (non-hydrogen) atoms. The molecule has 5 nitrogen and oxygen atoms in total. The zero-order chi connectivity index (χ0) is 15.8. The van der Waals surface area contributed by atoms with Crippen molar-refractivity contribution in [3.63, 3.8) is 0 Å². The fraction of sp³-hybridized carbons (Fsp3) is 0.812. The molecule has 1 aliphatic carbocycles. The molecule has 0 aliphatic heterocycles. The van der Waals surface area contributed by atoms with Crippen LogP contribution >= 0.6 is 0 Å². The van der Waals surface area contributed by atoms with E-state index in [-0.39, 0.29) is 36.2 Å². The maximum atomic E-state index is 11.9. The van der Waals surface area contributed by atoms with E-state index in [1.54, 1.807) is 0 Å². The predicted octanol–water partition coefficient (Wildman–Crippen LogP) is 2.35. The van der Waals surface area contributed by atoms with Gasteiger partial charge in [-0.2, -0.15) is 0 Å². The molecule has 0 aromatic heterocycles. The van der Waals surface area contributed by atoms with Gasteiger partial charge in [0.15, 0.2) is 0 Å². The van der Waals surface area contributed by atoms with Crippen molar-refractivity contribution in [2.45, 2.75) is 70.8 Å². The van der Waals surface area contributed by atoms with Gasteiger partial charge in [0.2, 0.25) is 0 Å². The molecule has 0 unspecified atom stereocenters. The van der Waals surface area contributed by atoms with E-state index in [4.69, 9.17) is 5.11 Å². The second-order valence-corrected chi connectivity index (χ2v) is 5.98. The topological polar surface area (TPSA) is 91.7 Å². The Balaban J connectivity index is 2.44. The number of unbranched alkanes of at least 4 members (excludes halogenated alkanes) is 2. The first-order valence-corrected chi connectivity index (χ1v) is 7.90. The van der Waals surface area contributed by atoms with Crippen molar-refractivity contribution in [2.75, 3.05) is 0 Å². The molecular formula is C16H26O5. The third-order valence-electron chi connectivity index (χ3n) is 4.32. The number of rotatable bonds is 10. The van der Waals surface area contributed by atoms with Gasteiger partial charge in [0.05, 0.1) is 6.10 Å². The molecule has 0 heterocycles. The summed E-state index contributed by atoms with van der Waals surface area (Å²) in [4.78, 5) is 34.3. The van der Waals surface area contributed by atoms with Crippen LogP contribution in [0.5, 0.6) is 0 Å². The molecule has 0 aromatic carbocycles. The minimum Gasteiger partial charge on any atom is -0.481 e. The number of hydrogen-bond donors (Lipinski definition) is 2. The Hall–Kier alpha value is -1.23. The quantitative estimate of drug-likeness (QED) is 0.604. The van der Waals surface area contributed by atoms with Crippen molar-refractivity contribution in [1.29, 1.82) is 0 Å². The maximum Gasteiger partial charge on any atom is 0.303 e. The van der Waals surface area contributed by atoms with Gasteiger partial charge >= 0.3 is 5.97 Å². The first-order valence-electron chi connectivity index (χ1n) is 7.90. The Morgan fingerprint density at radius 2 is 1.86 bits per heavy atom. The van der Waals surface area contributed by atoms with Gasteiger partial charge in [0, 0.05) is 31.6 Å². The van der Waals surface area contributed by atoms with Gasteiger partial charge in [0.1, 0.15) is 11.6 Å². The number of hydrogen-bond acceptors (Lipinski definition) is 4. The average molecular weight is 298 g/mol. The van der Waals surface area contributed by atoms with E-state index in [1.165, 1.54) is 0 Å². The summed E-state index contributed by atoms with van der Waals surface area (Å²) < 4.78 is 0. The third-order valence-corrected chi connectivity index (χ3v) is 4.32. The first kappa shape index (κ1) is 17.8. The second kappa shape index (κ2) is 8.93. The summed E-state index contributed by atoms with van der Waals surface area (Å²) >= 11 is 0. The number of carboxylic acids is 1. The lowest BCUT2D eigenvalue weighted by Crippen LogP contribution is -2.22. The van der Waals surface area contributed by atoms with Gasteiger partial charge in [0.25, 0.3) is 0 Å². The van der Waals surface area contributed by atoms with Gasteiger partial charge in [-0.3, -0.25) is 14.4 Å². The third kappa shape index (κ3) is 5.96. The zero-order valence-corrected chi connectivity index (χ0v) is 12.7. The van der Waals surface area contributed by atoms with Crippen LogP contribution in [-0.2, 0) is 14.4 Å². The predicted molar refractivity (Wildman–Crippen MR) is 77.9 cm³/mol. The van der Waals surface area contributed by atoms with E-state index >= 15 is 0 Å². The van der Waals surface area contributed by atoms with Crippen LogP contribution in [0.2, 0.25) is 0 Å². The van der Waals surface area contributed by atoms with Crippen LogP contribution in [0, 0.1) is 11.8 Å². The van der Waals surface area contributed by atoms with E-state index in [2.05, 4.69) is 6.92 Å². The monoisotopic (exact) mass is 298 g/mol. The Kier molecular flexibility index (Phi) is 7.57. The molecule has 1 fully saturated rings. The molecule has 120 valence electrons. The summed E-state index contributed by atoms with van der Waals surface area (Å²) in [7, 11) is 0. The molecule has 0 bridgehead atoms. The Morgan fingerprint density at radius 3 is 2.48 bits per heavy atom. The van der Waals surface area contributed by atoms with Crippen LogP contribution in [-0.4, -0.2) is 33.9 Å². The largest absolute Gasteiger partial charge is 0.481 e. The highest BCUT2D eigenvalue weighted by atomic mass is 16.4. The van der Waals surface area contributed by atoms with Gasteiger partial charge < -0.3 is 10.2 Å². The molecule has 3 atom stereocenters. The Morgan fingerprint density at radius 1 is 1.14 bits per heavy atom. The Bertz CT molecular complexity index is 377. The highest BCUT2D eigenvalue weighted by molar-refractivity contribution is 5.85. The minimum atomic E-state index is -0.920. The first-order chi connectivity index (χ1) is 9.95. The highest BCUT2D eigenvalue weighted by Crippen LogP contribution is 2.35. The molecule has 0 aromatic rings. The number of aliphatic carboxylic acids is 1. The molecule has 5 heteroatoms. The number of aliphatic hydroxyl groups excluding tert-OH is 1. The molecule has 1 aliphatic rings. The molecule has 1 saturated carbocycles. The smallest absolute Gasteiger partial charge is 0.303 e. The summed E-state index contributed by atoms with van der Waals surface area (Å²) in [5.74, 6) is -1.45. The molecule has 0 radical (unpaired) electrons. The van der Waals surface area contributed by atoms with Gasteiger partial charge in [-0.25, -0.2) is 0 Å². The molecule has 0 spiro atoms. The average Bonchev–Trinajstić information content (AvgIpc) is 2.68. The summed E-state index contributed by atoms with van der Waals surface area (Å²) in [5, 5.41) is 18.6. The number of Topliss-reactive ketones (excluding diaryl/α,β-unsaturated/α-hetero) is 2. The number of carboxylic acid groups (broad SMARTS) is 1. The van der Waals surface area contributed by atoms with Crippen LogP contribution in [0.4, 0.5) is 0 Å². The van der Waals surface area contributed by atoms with Crippen LogP contribution in [0.3, 0.4) is 0 Å². The molecule has 0 amide bonds. The normalized spacial score (nSPS) is 25.2. The van der Waals surface area contributed by atoms with E-state index in [9.17, 15) is 19.5 Å². The molecule has 1 rings (SSSR count). The van der Waals surface area contributed by atoms with E-state index in [0.29, 0.717) is 25.7 Å². The van der Waals surface area contributed by atoms with Crippen LogP contribution < -0.4 is 0 Å². The Labute approximate surface area is 125 Å². The second-order valence-electron chi connectivity index (χ2n) is 5.98. The van der Waals surface area contributed by atoms with Crippen LogP contribution in [0.1, 0.15) is 64.7 Å². The standard InChI is InChI=1S/C16H26O5/c1-2-3-4-5-11(17)6-7-12-13(8-9-16(20)21)15(19)10-14(12)18/h12-13,15,19H,2-10H2,1H3,(H,20,21)/t12-,13-,15+/m1/s1. The molecule has 0 saturated heterocycles. The minimum absolute atomic E-state index is 0.0285. The fourth-order valence-electron chi connectivity index (χ4n) is 3.09. The highest BCUT2D eigenvalue weighted by Gasteiger charge is 2.41. The lowest BCUT2D eigenvalue weighted by molar-refractivity contribution is -0.137. The van der Waals surface area contributed by atoms with Gasteiger partial charge in [-0.05, 0) is 25.2 Å². The van der Waals surface area contributed by atoms with Crippen molar-refractivity contribution in [1.82, 2.24) is 0 Å². The zero-order valence-electron chi connectivity index (χ0n) is 12.7. The van der Waals surface area contributed by atoms with E-state index in [0.717, 1.165) is 19.3 Å². The van der Waals surface area contributed by atoms with E-state index < -0.39 is 12.1 Å². The summed E-state index contributed by atoms with van der Waals surface area (Å²) in [5.41, 5.74) is 0. The van der Waals surface area contributed by atoms with Gasteiger partial charge in [-0.15, -0.1) is 0 Å². The summed E-state index contributed by atoms with van der Waals surface area (Å²) in [6.07, 6.45) is 3.95. The number of carbonyl (C=O) groups is 3. The van der Waals surface area contributed by atoms with Crippen LogP contribution in [0.25, 0.3) is 0 Å². The van der Waals surface area contributed by atoms with Crippen molar-refractivity contribution >= 4 is 17.5 Å². The van der Waals surface area contributed by atoms with Crippen molar-refractivity contribution in [3.8, 4) is 0 Å². The maximum absolute atomic E-state index is 11.9. The van der Waals surface area contributed by atoms with Crippen molar-refractivity contribution in [2.24, 2.45) is 11.8 Å². The lowest BCUT2D eigenvalue weighted by Gasteiger charge is -2.19. The summed E-state index contributed by atoms with van der Waals surface area (Å²) in [6.45, 7) is 2.08. The van der Waals surface area contributed by atoms with Crippen LogP contribution in [0.15, 0.2) is 0 Å². The van der Waals surface area contributed by atoms with Crippen molar-refractivity contribution in [3.05, 3.63) is 0 Å². The lowest BCUT2D eigenvalue weighted by atomic mass is 9.86. The summed E-state index contributed by atoms with van der Waals surface area (Å²) in [6, 6.07) is 0. The fourth-order valence-corrected chi connectivity index (χ4v) is 3.09. The molecular weight excluding hydrogens is 272 g/mol. The van der Waals surface area contributed by atoms with Crippen molar-refractivity contribution < 1.29 is 24.6 Å². The molecule has 2 N–H and O–H groups in total.